The number of carbonyl (C=O) groups excluding carboxylic acids is 1. The molecule has 2 bridgehead atoms. The molecule has 0 aromatic rings. The molecule has 2 aliphatic carbocycles. The van der Waals surface area contributed by atoms with Gasteiger partial charge in [-0.2, -0.15) is 0 Å². The number of hydrogen-bond donors (Lipinski definition) is 0. The number of fused-ring (bicyclic) bond motifs is 8. The first-order valence-corrected chi connectivity index (χ1v) is 7.07. The second kappa shape index (κ2) is 3.21. The molecule has 2 heterocycles. The average molecular weight is 251 g/mol. The minimum atomic E-state index is -0.390. The van der Waals surface area contributed by atoms with Crippen LogP contribution in [-0.4, -0.2) is 41.9 Å². The molecule has 4 rings (SSSR count). The Balaban J connectivity index is 1.45. The molecule has 1 amide bonds. The molecule has 4 aliphatic rings. The summed E-state index contributed by atoms with van der Waals surface area (Å²) in [5.41, 5.74) is -0.390. The highest BCUT2D eigenvalue weighted by molar-refractivity contribution is 5.68. The minimum absolute atomic E-state index is 0.133. The molecule has 0 aromatic carbocycles. The second-order valence-corrected chi connectivity index (χ2v) is 7.34. The quantitative estimate of drug-likeness (QED) is 0.617. The highest BCUT2D eigenvalue weighted by Gasteiger charge is 2.69. The number of ether oxygens (including phenoxy) is 2. The van der Waals surface area contributed by atoms with Crippen LogP contribution in [0.5, 0.6) is 0 Å². The summed E-state index contributed by atoms with van der Waals surface area (Å²) in [5.74, 6) is 2.78. The number of rotatable bonds is 0. The Labute approximate surface area is 108 Å². The molecule has 0 radical (unpaired) electrons. The lowest BCUT2D eigenvalue weighted by atomic mass is 9.82. The summed E-state index contributed by atoms with van der Waals surface area (Å²) in [4.78, 5) is 14.0. The van der Waals surface area contributed by atoms with Crippen LogP contribution in [0.25, 0.3) is 0 Å². The molecular formula is C14H21NO3. The first kappa shape index (κ1) is 11.1. The van der Waals surface area contributed by atoms with E-state index in [0.717, 1.165) is 24.9 Å². The monoisotopic (exact) mass is 251 g/mol. The maximum Gasteiger partial charge on any atom is 0.410 e. The Kier molecular flexibility index (Phi) is 1.98. The molecule has 18 heavy (non-hydrogen) atoms. The van der Waals surface area contributed by atoms with E-state index in [1.165, 1.54) is 6.42 Å². The van der Waals surface area contributed by atoms with Crippen LogP contribution in [0.2, 0.25) is 0 Å². The van der Waals surface area contributed by atoms with Crippen molar-refractivity contribution < 1.29 is 14.3 Å². The van der Waals surface area contributed by atoms with Crippen molar-refractivity contribution in [2.24, 2.45) is 23.7 Å². The third-order valence-corrected chi connectivity index (χ3v) is 5.11. The van der Waals surface area contributed by atoms with Gasteiger partial charge in [0, 0.05) is 13.1 Å². The van der Waals surface area contributed by atoms with Crippen LogP contribution in [-0.2, 0) is 9.47 Å². The molecule has 100 valence electrons. The fraction of sp³-hybridized carbons (Fsp3) is 0.929. The molecule has 2 saturated heterocycles. The van der Waals surface area contributed by atoms with Crippen LogP contribution in [0.4, 0.5) is 4.79 Å². The highest BCUT2D eigenvalue weighted by Crippen LogP contribution is 2.63. The Morgan fingerprint density at radius 3 is 2.17 bits per heavy atom. The van der Waals surface area contributed by atoms with Gasteiger partial charge >= 0.3 is 6.09 Å². The van der Waals surface area contributed by atoms with E-state index in [1.54, 1.807) is 0 Å². The van der Waals surface area contributed by atoms with Gasteiger partial charge in [-0.05, 0) is 50.9 Å². The zero-order chi connectivity index (χ0) is 12.7. The second-order valence-electron chi connectivity index (χ2n) is 7.34. The van der Waals surface area contributed by atoms with Crippen LogP contribution in [0.1, 0.15) is 27.2 Å². The van der Waals surface area contributed by atoms with Crippen LogP contribution < -0.4 is 0 Å². The van der Waals surface area contributed by atoms with Crippen molar-refractivity contribution in [2.75, 3.05) is 13.1 Å². The molecule has 0 spiro atoms. The molecular weight excluding hydrogens is 230 g/mol. The van der Waals surface area contributed by atoms with E-state index in [9.17, 15) is 4.79 Å². The summed E-state index contributed by atoms with van der Waals surface area (Å²) < 4.78 is 11.2. The lowest BCUT2D eigenvalue weighted by Gasteiger charge is -2.25. The van der Waals surface area contributed by atoms with Gasteiger partial charge in [-0.15, -0.1) is 0 Å². The van der Waals surface area contributed by atoms with E-state index in [1.807, 2.05) is 25.7 Å². The van der Waals surface area contributed by atoms with Crippen LogP contribution in [0.3, 0.4) is 0 Å². The number of nitrogens with zero attached hydrogens (tertiary/aromatic N) is 1. The van der Waals surface area contributed by atoms with Crippen molar-refractivity contribution in [3.8, 4) is 0 Å². The molecule has 0 N–H and O–H groups in total. The van der Waals surface area contributed by atoms with Gasteiger partial charge in [-0.25, -0.2) is 4.79 Å². The van der Waals surface area contributed by atoms with Crippen LogP contribution in [0.15, 0.2) is 0 Å². The SMILES string of the molecule is CC(C)(C)OC(=O)N1C[C@H]2[C@@H](C1)[C@H]1C[C@@H]2[C@@H]2OC21. The van der Waals surface area contributed by atoms with Gasteiger partial charge in [-0.1, -0.05) is 0 Å². The predicted molar refractivity (Wildman–Crippen MR) is 65.0 cm³/mol. The van der Waals surface area contributed by atoms with E-state index >= 15 is 0 Å². The number of hydrogen-bond acceptors (Lipinski definition) is 3. The smallest absolute Gasteiger partial charge is 0.410 e. The molecule has 2 aliphatic heterocycles. The van der Waals surface area contributed by atoms with Gasteiger partial charge in [0.25, 0.3) is 0 Å². The third kappa shape index (κ3) is 1.44. The third-order valence-electron chi connectivity index (χ3n) is 5.11. The summed E-state index contributed by atoms with van der Waals surface area (Å²) in [6.07, 6.45) is 2.28. The Hall–Kier alpha value is -0.770. The van der Waals surface area contributed by atoms with E-state index in [-0.39, 0.29) is 11.7 Å². The minimum Gasteiger partial charge on any atom is -0.444 e. The van der Waals surface area contributed by atoms with Gasteiger partial charge in [0.1, 0.15) is 5.60 Å². The predicted octanol–water partition coefficient (Wildman–Crippen LogP) is 1.89. The molecule has 1 unspecified atom stereocenters. The van der Waals surface area contributed by atoms with Gasteiger partial charge < -0.3 is 14.4 Å². The van der Waals surface area contributed by atoms with Gasteiger partial charge in [-0.3, -0.25) is 0 Å². The van der Waals surface area contributed by atoms with Crippen LogP contribution >= 0.6 is 0 Å². The molecule has 0 aromatic heterocycles. The average Bonchev–Trinajstić information content (AvgIpc) is 2.68. The van der Waals surface area contributed by atoms with Crippen molar-refractivity contribution in [1.29, 1.82) is 0 Å². The fourth-order valence-electron chi connectivity index (χ4n) is 4.48. The van der Waals surface area contributed by atoms with Gasteiger partial charge in [0.2, 0.25) is 0 Å². The van der Waals surface area contributed by atoms with Gasteiger partial charge in [0.05, 0.1) is 12.2 Å². The number of likely N-dealkylation sites (tertiary alicyclic amines) is 1. The van der Waals surface area contributed by atoms with E-state index in [4.69, 9.17) is 9.47 Å². The highest BCUT2D eigenvalue weighted by atomic mass is 16.6. The topological polar surface area (TPSA) is 42.1 Å². The number of amides is 1. The molecule has 6 atom stereocenters. The summed E-state index contributed by atoms with van der Waals surface area (Å²) in [6.45, 7) is 7.54. The Morgan fingerprint density at radius 1 is 1.11 bits per heavy atom. The Morgan fingerprint density at radius 2 is 1.67 bits per heavy atom. The summed E-state index contributed by atoms with van der Waals surface area (Å²) in [6, 6.07) is 0. The maximum absolute atomic E-state index is 12.1. The molecule has 4 heteroatoms. The summed E-state index contributed by atoms with van der Waals surface area (Å²) in [5, 5.41) is 0. The van der Waals surface area contributed by atoms with Crippen LogP contribution in [0, 0.1) is 23.7 Å². The lowest BCUT2D eigenvalue weighted by molar-refractivity contribution is 0.0268. The standard InChI is InChI=1S/C14H21NO3/c1-14(2,3)18-13(16)15-5-9-7-4-8(10(9)6-15)12-11(7)17-12/h7-12H,4-6H2,1-3H3/t7-,8+,9+,10-,11-,12?/m0/s1. The largest absolute Gasteiger partial charge is 0.444 e. The zero-order valence-corrected chi connectivity index (χ0v) is 11.3. The van der Waals surface area contributed by atoms with Crippen molar-refractivity contribution >= 4 is 6.09 Å². The van der Waals surface area contributed by atoms with Crippen molar-refractivity contribution in [1.82, 2.24) is 4.90 Å². The number of carbonyl (C=O) groups is 1. The molecule has 4 fully saturated rings. The van der Waals surface area contributed by atoms with Gasteiger partial charge in [0.15, 0.2) is 0 Å². The van der Waals surface area contributed by atoms with Crippen molar-refractivity contribution in [3.05, 3.63) is 0 Å². The van der Waals surface area contributed by atoms with E-state index in [2.05, 4.69) is 0 Å². The Bertz CT molecular complexity index is 380. The first-order chi connectivity index (χ1) is 8.44. The molecule has 2 saturated carbocycles. The zero-order valence-electron chi connectivity index (χ0n) is 11.3. The van der Waals surface area contributed by atoms with E-state index < -0.39 is 0 Å². The fourth-order valence-corrected chi connectivity index (χ4v) is 4.48. The van der Waals surface area contributed by atoms with E-state index in [0.29, 0.717) is 24.0 Å². The lowest BCUT2D eigenvalue weighted by Crippen LogP contribution is -2.36. The molecule has 4 nitrogen and oxygen atoms in total. The van der Waals surface area contributed by atoms with Crippen molar-refractivity contribution in [3.63, 3.8) is 0 Å². The summed E-state index contributed by atoms with van der Waals surface area (Å²) >= 11 is 0. The maximum atomic E-state index is 12.1. The number of epoxide rings is 1. The first-order valence-electron chi connectivity index (χ1n) is 7.07. The normalized spacial score (nSPS) is 48.1. The summed E-state index contributed by atoms with van der Waals surface area (Å²) in [7, 11) is 0. The van der Waals surface area contributed by atoms with Crippen molar-refractivity contribution in [2.45, 2.75) is 45.0 Å².